The highest BCUT2D eigenvalue weighted by molar-refractivity contribution is 8.00. The molecule has 8 nitrogen and oxygen atoms in total. The number of carbonyl (C=O) groups is 1. The summed E-state index contributed by atoms with van der Waals surface area (Å²) in [5, 5.41) is 8.04. The minimum absolute atomic E-state index is 0.0632. The largest absolute Gasteiger partial charge is 0.481 e. The fourth-order valence-corrected chi connectivity index (χ4v) is 6.60. The molecule has 1 atom stereocenters. The number of ether oxygens (including phenoxy) is 1. The van der Waals surface area contributed by atoms with Crippen LogP contribution in [0.25, 0.3) is 16.7 Å². The molecule has 4 heterocycles. The van der Waals surface area contributed by atoms with Gasteiger partial charge in [0, 0.05) is 42.5 Å². The van der Waals surface area contributed by atoms with E-state index in [2.05, 4.69) is 74.9 Å². The molecule has 41 heavy (non-hydrogen) atoms. The normalized spacial score (nSPS) is 16.3. The topological polar surface area (TPSA) is 85.2 Å². The highest BCUT2D eigenvalue weighted by Gasteiger charge is 2.28. The molecule has 1 aliphatic heterocycles. The van der Waals surface area contributed by atoms with Crippen LogP contribution in [0.1, 0.15) is 28.8 Å². The Morgan fingerprint density at radius 3 is 2.83 bits per heavy atom. The number of rotatable bonds is 7. The van der Waals surface area contributed by atoms with Crippen LogP contribution in [-0.4, -0.2) is 49.5 Å². The number of carbonyl (C=O) groups excluding carboxylic acids is 1. The number of anilines is 1. The molecule has 7 rings (SSSR count). The summed E-state index contributed by atoms with van der Waals surface area (Å²) in [4.78, 5) is 24.9. The smallest absolute Gasteiger partial charge is 0.234 e. The van der Waals surface area contributed by atoms with Gasteiger partial charge in [0.05, 0.1) is 35.4 Å². The summed E-state index contributed by atoms with van der Waals surface area (Å²) in [6.45, 7) is 1.65. The summed E-state index contributed by atoms with van der Waals surface area (Å²) >= 11 is 1.60. The molecule has 0 saturated carbocycles. The second kappa shape index (κ2) is 11.0. The third-order valence-electron chi connectivity index (χ3n) is 7.85. The molecule has 2 aromatic carbocycles. The number of thioether (sulfide) groups is 1. The van der Waals surface area contributed by atoms with Gasteiger partial charge in [0.25, 0.3) is 0 Å². The first-order chi connectivity index (χ1) is 20.1. The highest BCUT2D eigenvalue weighted by Crippen LogP contribution is 2.34. The molecule has 5 aromatic rings. The minimum Gasteiger partial charge on any atom is -0.481 e. The molecular formula is C32H30N6O2S. The second-order valence-electron chi connectivity index (χ2n) is 10.6. The van der Waals surface area contributed by atoms with Gasteiger partial charge in [-0.05, 0) is 60.2 Å². The van der Waals surface area contributed by atoms with E-state index in [0.29, 0.717) is 17.7 Å². The van der Waals surface area contributed by atoms with E-state index in [0.717, 1.165) is 65.3 Å². The van der Waals surface area contributed by atoms with E-state index in [9.17, 15) is 4.79 Å². The number of pyridine rings is 2. The summed E-state index contributed by atoms with van der Waals surface area (Å²) in [6, 6.07) is 23.2. The Kier molecular flexibility index (Phi) is 6.90. The van der Waals surface area contributed by atoms with Crippen LogP contribution >= 0.6 is 11.8 Å². The van der Waals surface area contributed by atoms with Crippen molar-refractivity contribution in [3.05, 3.63) is 102 Å². The zero-order chi connectivity index (χ0) is 27.8. The van der Waals surface area contributed by atoms with E-state index in [4.69, 9.17) is 9.84 Å². The quantitative estimate of drug-likeness (QED) is 0.283. The van der Waals surface area contributed by atoms with E-state index >= 15 is 0 Å². The van der Waals surface area contributed by atoms with Crippen molar-refractivity contribution in [2.75, 3.05) is 18.2 Å². The Balaban J connectivity index is 1.18. The standard InChI is InChI=1S/C32H30N6O2S/c1-40-31-12-10-26-32(35-31)28(13-14-33-26)38-19-23-16-24(8-9-25(23)36-38)37(17-21-5-3-2-4-6-21)18-22-7-11-29-27(15-22)34-30(39)20-41-29/h2-7,10-15,19,24H,8-9,16-18,20H2,1H3,(H,34,39). The maximum atomic E-state index is 12.0. The van der Waals surface area contributed by atoms with Gasteiger partial charge < -0.3 is 10.1 Å². The molecule has 0 saturated heterocycles. The van der Waals surface area contributed by atoms with Gasteiger partial charge in [0.1, 0.15) is 5.52 Å². The number of hydrogen-bond donors (Lipinski definition) is 1. The summed E-state index contributed by atoms with van der Waals surface area (Å²) in [6.07, 6.45) is 6.81. The number of hydrogen-bond acceptors (Lipinski definition) is 7. The molecule has 1 N–H and O–H groups in total. The lowest BCUT2D eigenvalue weighted by atomic mass is 9.91. The Hall–Kier alpha value is -4.21. The average molecular weight is 563 g/mol. The molecule has 0 fully saturated rings. The Morgan fingerprint density at radius 2 is 1.95 bits per heavy atom. The molecule has 1 amide bonds. The number of nitrogens with one attached hydrogen (secondary N) is 1. The van der Waals surface area contributed by atoms with Gasteiger partial charge in [-0.1, -0.05) is 36.4 Å². The number of fused-ring (bicyclic) bond motifs is 3. The summed E-state index contributed by atoms with van der Waals surface area (Å²) < 4.78 is 7.33. The van der Waals surface area contributed by atoms with Crippen LogP contribution in [0.2, 0.25) is 0 Å². The molecule has 1 unspecified atom stereocenters. The van der Waals surface area contributed by atoms with Crippen LogP contribution in [0.15, 0.2) is 84.0 Å². The molecule has 1 aliphatic carbocycles. The number of aromatic nitrogens is 4. The van der Waals surface area contributed by atoms with E-state index in [-0.39, 0.29) is 5.91 Å². The Labute approximate surface area is 242 Å². The summed E-state index contributed by atoms with van der Waals surface area (Å²) in [5.41, 5.74) is 8.30. The predicted octanol–water partition coefficient (Wildman–Crippen LogP) is 5.43. The van der Waals surface area contributed by atoms with Gasteiger partial charge >= 0.3 is 0 Å². The van der Waals surface area contributed by atoms with E-state index in [1.807, 2.05) is 22.9 Å². The zero-order valence-corrected chi connectivity index (χ0v) is 23.6. The van der Waals surface area contributed by atoms with Gasteiger partial charge in [-0.25, -0.2) is 9.67 Å². The van der Waals surface area contributed by atoms with Crippen molar-refractivity contribution in [3.8, 4) is 11.6 Å². The first kappa shape index (κ1) is 25.7. The molecular weight excluding hydrogens is 532 g/mol. The average Bonchev–Trinajstić information content (AvgIpc) is 3.44. The van der Waals surface area contributed by atoms with Crippen LogP contribution in [0, 0.1) is 0 Å². The van der Waals surface area contributed by atoms with Gasteiger partial charge in [-0.3, -0.25) is 14.7 Å². The van der Waals surface area contributed by atoms with Crippen molar-refractivity contribution < 1.29 is 9.53 Å². The van der Waals surface area contributed by atoms with Crippen molar-refractivity contribution in [1.82, 2.24) is 24.6 Å². The summed E-state index contributed by atoms with van der Waals surface area (Å²) in [5.74, 6) is 1.09. The van der Waals surface area contributed by atoms with Crippen LogP contribution in [0.3, 0.4) is 0 Å². The Morgan fingerprint density at radius 1 is 1.07 bits per heavy atom. The third-order valence-corrected chi connectivity index (χ3v) is 8.92. The van der Waals surface area contributed by atoms with Gasteiger partial charge in [-0.15, -0.1) is 11.8 Å². The fourth-order valence-electron chi connectivity index (χ4n) is 5.81. The van der Waals surface area contributed by atoms with Crippen molar-refractivity contribution in [2.24, 2.45) is 0 Å². The van der Waals surface area contributed by atoms with Crippen molar-refractivity contribution in [2.45, 2.75) is 43.3 Å². The van der Waals surface area contributed by atoms with Crippen LogP contribution in [-0.2, 0) is 30.7 Å². The Bertz CT molecular complexity index is 1740. The molecule has 0 spiro atoms. The van der Waals surface area contributed by atoms with Crippen LogP contribution in [0.5, 0.6) is 5.88 Å². The first-order valence-corrected chi connectivity index (χ1v) is 14.8. The van der Waals surface area contributed by atoms with Crippen molar-refractivity contribution in [3.63, 3.8) is 0 Å². The van der Waals surface area contributed by atoms with Crippen LogP contribution in [0.4, 0.5) is 5.69 Å². The lowest BCUT2D eigenvalue weighted by molar-refractivity contribution is -0.113. The first-order valence-electron chi connectivity index (χ1n) is 13.8. The molecule has 3 aromatic heterocycles. The van der Waals surface area contributed by atoms with Gasteiger partial charge in [0.2, 0.25) is 11.8 Å². The van der Waals surface area contributed by atoms with Crippen molar-refractivity contribution >= 4 is 34.4 Å². The predicted molar refractivity (Wildman–Crippen MR) is 161 cm³/mol. The minimum atomic E-state index is 0.0632. The zero-order valence-electron chi connectivity index (χ0n) is 22.8. The number of benzene rings is 2. The monoisotopic (exact) mass is 562 g/mol. The maximum Gasteiger partial charge on any atom is 0.234 e. The number of aryl methyl sites for hydroxylation is 1. The third kappa shape index (κ3) is 5.30. The lowest BCUT2D eigenvalue weighted by Crippen LogP contribution is -2.38. The maximum absolute atomic E-state index is 12.0. The van der Waals surface area contributed by atoms with Gasteiger partial charge in [0.15, 0.2) is 0 Å². The highest BCUT2D eigenvalue weighted by atomic mass is 32.2. The SMILES string of the molecule is COc1ccc2nccc(-n3cc4c(n3)CCC(N(Cc3ccccc3)Cc3ccc5c(c3)NC(=O)CS5)C4)c2n1. The second-order valence-corrected chi connectivity index (χ2v) is 11.6. The molecule has 9 heteroatoms. The fraction of sp³-hybridized carbons (Fsp3) is 0.250. The van der Waals surface area contributed by atoms with E-state index in [1.54, 1.807) is 25.1 Å². The molecule has 0 bridgehead atoms. The molecule has 0 radical (unpaired) electrons. The van der Waals surface area contributed by atoms with Gasteiger partial charge in [-0.2, -0.15) is 5.10 Å². The van der Waals surface area contributed by atoms with E-state index < -0.39 is 0 Å². The number of amides is 1. The lowest BCUT2D eigenvalue weighted by Gasteiger charge is -2.34. The van der Waals surface area contributed by atoms with E-state index in [1.165, 1.54) is 16.7 Å². The number of methoxy groups -OCH3 is 1. The molecule has 2 aliphatic rings. The van der Waals surface area contributed by atoms with Crippen LogP contribution < -0.4 is 10.1 Å². The summed E-state index contributed by atoms with van der Waals surface area (Å²) in [7, 11) is 1.62. The number of nitrogens with zero attached hydrogens (tertiary/aromatic N) is 5. The molecule has 206 valence electrons. The van der Waals surface area contributed by atoms with Crippen molar-refractivity contribution in [1.29, 1.82) is 0 Å².